The van der Waals surface area contributed by atoms with Gasteiger partial charge in [-0.05, 0) is 94.9 Å². The van der Waals surface area contributed by atoms with Gasteiger partial charge in [0.2, 0.25) is 0 Å². The molecule has 2 heterocycles. The summed E-state index contributed by atoms with van der Waals surface area (Å²) in [4.78, 5) is 0. The third-order valence-electron chi connectivity index (χ3n) is 5.98. The molecule has 176 valence electrons. The van der Waals surface area contributed by atoms with E-state index in [1.54, 1.807) is 27.8 Å². The van der Waals surface area contributed by atoms with Gasteiger partial charge >= 0.3 is 6.18 Å². The average Bonchev–Trinajstić information content (AvgIpc) is 3.53. The van der Waals surface area contributed by atoms with Gasteiger partial charge in [0.25, 0.3) is 0 Å². The molecule has 0 radical (unpaired) electrons. The van der Waals surface area contributed by atoms with E-state index in [1.165, 1.54) is 19.3 Å². The predicted molar refractivity (Wildman–Crippen MR) is 124 cm³/mol. The first-order valence-corrected chi connectivity index (χ1v) is 10.8. The van der Waals surface area contributed by atoms with Crippen LogP contribution >= 0.6 is 0 Å². The highest BCUT2D eigenvalue weighted by atomic mass is 19.4. The summed E-state index contributed by atoms with van der Waals surface area (Å²) in [6, 6.07) is 14.1. The van der Waals surface area contributed by atoms with Crippen molar-refractivity contribution in [3.8, 4) is 33.6 Å². The van der Waals surface area contributed by atoms with Crippen molar-refractivity contribution in [2.24, 2.45) is 0 Å². The van der Waals surface area contributed by atoms with Crippen LogP contribution in [0, 0.1) is 20.8 Å². The SMILES string of the molecule is Cc1ccc(-n2cnnn2)cc1-c1cc(-n2ccnn2)c(-c2ccc(C(F)(F)F)c(C)c2)cc1C. The molecule has 0 fully saturated rings. The number of alkyl halides is 3. The van der Waals surface area contributed by atoms with Gasteiger partial charge in [0, 0.05) is 5.56 Å². The molecule has 0 saturated carbocycles. The Bertz CT molecular complexity index is 1510. The third-order valence-corrected chi connectivity index (χ3v) is 5.98. The van der Waals surface area contributed by atoms with E-state index in [4.69, 9.17) is 0 Å². The minimum atomic E-state index is -4.40. The van der Waals surface area contributed by atoms with Gasteiger partial charge in [0.05, 0.1) is 29.3 Å². The lowest BCUT2D eigenvalue weighted by Gasteiger charge is -2.18. The van der Waals surface area contributed by atoms with E-state index in [-0.39, 0.29) is 5.56 Å². The Morgan fingerprint density at radius 3 is 2.17 bits per heavy atom. The van der Waals surface area contributed by atoms with Gasteiger partial charge in [-0.2, -0.15) is 13.2 Å². The van der Waals surface area contributed by atoms with E-state index >= 15 is 0 Å². The number of nitrogens with zero attached hydrogens (tertiary/aromatic N) is 7. The third kappa shape index (κ3) is 4.18. The Morgan fingerprint density at radius 2 is 1.51 bits per heavy atom. The number of hydrogen-bond acceptors (Lipinski definition) is 5. The molecule has 5 aromatic rings. The average molecular weight is 475 g/mol. The van der Waals surface area contributed by atoms with Crippen LogP contribution in [0.4, 0.5) is 13.2 Å². The molecule has 0 aliphatic rings. The summed E-state index contributed by atoms with van der Waals surface area (Å²) in [5.41, 5.74) is 6.37. The number of rotatable bonds is 4. The van der Waals surface area contributed by atoms with Crippen molar-refractivity contribution in [1.29, 1.82) is 0 Å². The zero-order valence-corrected chi connectivity index (χ0v) is 19.1. The zero-order chi connectivity index (χ0) is 24.7. The van der Waals surface area contributed by atoms with Gasteiger partial charge in [0.15, 0.2) is 0 Å². The minimum absolute atomic E-state index is 0.159. The Kier molecular flexibility index (Phi) is 5.43. The molecule has 3 aromatic carbocycles. The molecule has 0 amide bonds. The van der Waals surface area contributed by atoms with Gasteiger partial charge in [0.1, 0.15) is 6.33 Å². The fraction of sp³-hybridized carbons (Fsp3) is 0.160. The lowest BCUT2D eigenvalue weighted by molar-refractivity contribution is -0.138. The van der Waals surface area contributed by atoms with Crippen molar-refractivity contribution in [2.75, 3.05) is 0 Å². The smallest absolute Gasteiger partial charge is 0.220 e. The zero-order valence-electron chi connectivity index (χ0n) is 19.1. The van der Waals surface area contributed by atoms with Crippen LogP contribution in [0.25, 0.3) is 33.6 Å². The number of halogens is 3. The van der Waals surface area contributed by atoms with E-state index in [9.17, 15) is 13.2 Å². The van der Waals surface area contributed by atoms with Crippen LogP contribution in [0.1, 0.15) is 22.3 Å². The molecule has 0 unspecified atom stereocenters. The molecular weight excluding hydrogens is 455 g/mol. The molecule has 0 saturated heterocycles. The van der Waals surface area contributed by atoms with Crippen molar-refractivity contribution in [2.45, 2.75) is 26.9 Å². The fourth-order valence-corrected chi connectivity index (χ4v) is 4.22. The van der Waals surface area contributed by atoms with E-state index in [2.05, 4.69) is 25.8 Å². The molecule has 35 heavy (non-hydrogen) atoms. The van der Waals surface area contributed by atoms with Crippen molar-refractivity contribution in [3.63, 3.8) is 0 Å². The Labute approximate surface area is 198 Å². The number of aryl methyl sites for hydroxylation is 3. The highest BCUT2D eigenvalue weighted by molar-refractivity contribution is 5.82. The van der Waals surface area contributed by atoms with Crippen LogP contribution < -0.4 is 0 Å². The molecule has 0 spiro atoms. The summed E-state index contributed by atoms with van der Waals surface area (Å²) in [5.74, 6) is 0. The van der Waals surface area contributed by atoms with Crippen LogP contribution in [0.3, 0.4) is 0 Å². The lowest BCUT2D eigenvalue weighted by atomic mass is 9.90. The van der Waals surface area contributed by atoms with Gasteiger partial charge < -0.3 is 0 Å². The molecule has 2 aromatic heterocycles. The highest BCUT2D eigenvalue weighted by Crippen LogP contribution is 2.38. The number of hydrogen-bond donors (Lipinski definition) is 0. The molecule has 0 N–H and O–H groups in total. The lowest BCUT2D eigenvalue weighted by Crippen LogP contribution is -2.07. The van der Waals surface area contributed by atoms with Crippen molar-refractivity contribution in [1.82, 2.24) is 35.2 Å². The minimum Gasteiger partial charge on any atom is -0.220 e. The number of aromatic nitrogens is 7. The second-order valence-corrected chi connectivity index (χ2v) is 8.31. The Morgan fingerprint density at radius 1 is 0.714 bits per heavy atom. The molecule has 10 heteroatoms. The maximum absolute atomic E-state index is 13.3. The highest BCUT2D eigenvalue weighted by Gasteiger charge is 2.32. The molecule has 0 bridgehead atoms. The van der Waals surface area contributed by atoms with Crippen molar-refractivity contribution >= 4 is 0 Å². The molecule has 5 rings (SSSR count). The predicted octanol–water partition coefficient (Wildman–Crippen LogP) is 5.52. The maximum Gasteiger partial charge on any atom is 0.416 e. The fourth-order valence-electron chi connectivity index (χ4n) is 4.22. The second kappa shape index (κ2) is 8.46. The quantitative estimate of drug-likeness (QED) is 0.342. The molecule has 0 aliphatic carbocycles. The number of benzene rings is 3. The van der Waals surface area contributed by atoms with E-state index in [1.807, 2.05) is 44.2 Å². The van der Waals surface area contributed by atoms with Gasteiger partial charge in [-0.15, -0.1) is 10.2 Å². The normalized spacial score (nSPS) is 11.7. The number of tetrazole rings is 1. The topological polar surface area (TPSA) is 74.3 Å². The molecule has 0 atom stereocenters. The van der Waals surface area contributed by atoms with E-state index in [0.29, 0.717) is 11.3 Å². The van der Waals surface area contributed by atoms with Gasteiger partial charge in [-0.25, -0.2) is 9.36 Å². The summed E-state index contributed by atoms with van der Waals surface area (Å²) < 4.78 is 43.2. The van der Waals surface area contributed by atoms with Crippen LogP contribution in [0.2, 0.25) is 0 Å². The summed E-state index contributed by atoms with van der Waals surface area (Å²) in [6.07, 6.45) is 0.390. The first kappa shape index (κ1) is 22.5. The van der Waals surface area contributed by atoms with E-state index < -0.39 is 11.7 Å². The molecule has 7 nitrogen and oxygen atoms in total. The first-order chi connectivity index (χ1) is 16.7. The Hall–Kier alpha value is -4.34. The maximum atomic E-state index is 13.3. The second-order valence-electron chi connectivity index (χ2n) is 8.31. The van der Waals surface area contributed by atoms with Crippen LogP contribution in [0.15, 0.2) is 67.3 Å². The summed E-state index contributed by atoms with van der Waals surface area (Å²) in [5, 5.41) is 19.5. The standard InChI is InChI=1S/C25H20F3N7/c1-15-4-6-19(35-14-30-31-33-35)12-20(15)21-13-24(34-9-8-29-32-34)22(11-16(21)2)18-5-7-23(17(3)10-18)25(26,27)28/h4-14H,1-3H3. The largest absolute Gasteiger partial charge is 0.416 e. The first-order valence-electron chi connectivity index (χ1n) is 10.8. The van der Waals surface area contributed by atoms with E-state index in [0.717, 1.165) is 39.6 Å². The molecular formula is C25H20F3N7. The van der Waals surface area contributed by atoms with Crippen molar-refractivity contribution in [3.05, 3.63) is 89.5 Å². The van der Waals surface area contributed by atoms with Crippen LogP contribution in [-0.2, 0) is 6.18 Å². The van der Waals surface area contributed by atoms with Gasteiger partial charge in [-0.1, -0.05) is 23.4 Å². The monoisotopic (exact) mass is 475 g/mol. The summed E-state index contributed by atoms with van der Waals surface area (Å²) in [7, 11) is 0. The van der Waals surface area contributed by atoms with Gasteiger partial charge in [-0.3, -0.25) is 0 Å². The van der Waals surface area contributed by atoms with Crippen LogP contribution in [-0.4, -0.2) is 35.2 Å². The summed E-state index contributed by atoms with van der Waals surface area (Å²) in [6.45, 7) is 5.46. The Balaban J connectivity index is 1.70. The van der Waals surface area contributed by atoms with Crippen molar-refractivity contribution < 1.29 is 13.2 Å². The molecule has 0 aliphatic heterocycles. The van der Waals surface area contributed by atoms with Crippen LogP contribution in [0.5, 0.6) is 0 Å². The summed E-state index contributed by atoms with van der Waals surface area (Å²) >= 11 is 0.